The standard InChI is InChI=1S/C11H15FN2O2/c1-11(2,9(13)10(15)16-3)7-4-5-8(12)14-6-7/h4-6,9H,13H2,1-3H3. The minimum atomic E-state index is -0.815. The zero-order valence-corrected chi connectivity index (χ0v) is 9.53. The summed E-state index contributed by atoms with van der Waals surface area (Å²) in [5, 5.41) is 0. The Morgan fingerprint density at radius 1 is 1.56 bits per heavy atom. The maximum atomic E-state index is 12.7. The minimum absolute atomic E-state index is 0.505. The zero-order chi connectivity index (χ0) is 12.3. The van der Waals surface area contributed by atoms with Gasteiger partial charge >= 0.3 is 5.97 Å². The van der Waals surface area contributed by atoms with Crippen LogP contribution in [0.4, 0.5) is 4.39 Å². The van der Waals surface area contributed by atoms with Gasteiger partial charge in [0.1, 0.15) is 6.04 Å². The van der Waals surface area contributed by atoms with Crippen LogP contribution in [0.1, 0.15) is 19.4 Å². The van der Waals surface area contributed by atoms with Gasteiger partial charge in [-0.05, 0) is 11.6 Å². The van der Waals surface area contributed by atoms with Gasteiger partial charge in [-0.3, -0.25) is 4.79 Å². The molecule has 5 heteroatoms. The highest BCUT2D eigenvalue weighted by Gasteiger charge is 2.34. The molecule has 1 unspecified atom stereocenters. The number of esters is 1. The number of carbonyl (C=O) groups excluding carboxylic acids is 1. The van der Waals surface area contributed by atoms with Crippen molar-refractivity contribution < 1.29 is 13.9 Å². The summed E-state index contributed by atoms with van der Waals surface area (Å²) in [6.07, 6.45) is 1.37. The van der Waals surface area contributed by atoms with Crippen molar-refractivity contribution in [3.05, 3.63) is 29.8 Å². The molecule has 0 aliphatic carbocycles. The Morgan fingerprint density at radius 3 is 2.62 bits per heavy atom. The Morgan fingerprint density at radius 2 is 2.19 bits per heavy atom. The van der Waals surface area contributed by atoms with E-state index in [0.717, 1.165) is 0 Å². The summed E-state index contributed by atoms with van der Waals surface area (Å²) in [6, 6.07) is 1.98. The van der Waals surface area contributed by atoms with E-state index >= 15 is 0 Å². The second kappa shape index (κ2) is 4.57. The van der Waals surface area contributed by atoms with E-state index in [4.69, 9.17) is 5.73 Å². The number of halogens is 1. The van der Waals surface area contributed by atoms with Crippen molar-refractivity contribution in [1.82, 2.24) is 4.98 Å². The predicted octanol–water partition coefficient (Wildman–Crippen LogP) is 0.999. The van der Waals surface area contributed by atoms with Crippen LogP contribution in [0.15, 0.2) is 18.3 Å². The summed E-state index contributed by atoms with van der Waals surface area (Å²) in [4.78, 5) is 14.9. The lowest BCUT2D eigenvalue weighted by Crippen LogP contribution is -2.47. The van der Waals surface area contributed by atoms with Crippen LogP contribution in [0.3, 0.4) is 0 Å². The van der Waals surface area contributed by atoms with Crippen molar-refractivity contribution in [1.29, 1.82) is 0 Å². The largest absolute Gasteiger partial charge is 0.468 e. The normalized spacial score (nSPS) is 13.3. The van der Waals surface area contributed by atoms with Gasteiger partial charge in [-0.15, -0.1) is 0 Å². The molecule has 0 spiro atoms. The molecule has 0 fully saturated rings. The summed E-state index contributed by atoms with van der Waals surface area (Å²) < 4.78 is 17.3. The van der Waals surface area contributed by atoms with Crippen LogP contribution >= 0.6 is 0 Å². The molecule has 2 N–H and O–H groups in total. The van der Waals surface area contributed by atoms with Crippen molar-refractivity contribution >= 4 is 5.97 Å². The van der Waals surface area contributed by atoms with E-state index in [2.05, 4.69) is 9.72 Å². The van der Waals surface area contributed by atoms with Gasteiger partial charge in [-0.25, -0.2) is 4.98 Å². The molecule has 0 aliphatic heterocycles. The molecule has 4 nitrogen and oxygen atoms in total. The van der Waals surface area contributed by atoms with Crippen molar-refractivity contribution in [3.8, 4) is 0 Å². The summed E-state index contributed by atoms with van der Waals surface area (Å²) in [5.74, 6) is -1.07. The Kier molecular flexibility index (Phi) is 3.59. The van der Waals surface area contributed by atoms with E-state index in [0.29, 0.717) is 5.56 Å². The van der Waals surface area contributed by atoms with Gasteiger partial charge in [0.2, 0.25) is 5.95 Å². The van der Waals surface area contributed by atoms with Crippen molar-refractivity contribution in [2.45, 2.75) is 25.3 Å². The molecule has 1 aromatic heterocycles. The van der Waals surface area contributed by atoms with E-state index in [9.17, 15) is 9.18 Å². The van der Waals surface area contributed by atoms with Gasteiger partial charge < -0.3 is 10.5 Å². The van der Waals surface area contributed by atoms with Crippen LogP contribution in [-0.4, -0.2) is 24.1 Å². The SMILES string of the molecule is COC(=O)C(N)C(C)(C)c1ccc(F)nc1. The first kappa shape index (κ1) is 12.6. The van der Waals surface area contributed by atoms with Crippen molar-refractivity contribution in [3.63, 3.8) is 0 Å². The highest BCUT2D eigenvalue weighted by Crippen LogP contribution is 2.26. The highest BCUT2D eigenvalue weighted by atomic mass is 19.1. The first-order chi connectivity index (χ1) is 7.39. The number of rotatable bonds is 3. The molecular formula is C11H15FN2O2. The topological polar surface area (TPSA) is 65.2 Å². The quantitative estimate of drug-likeness (QED) is 0.616. The van der Waals surface area contributed by atoms with Crippen LogP contribution in [0.2, 0.25) is 0 Å². The van der Waals surface area contributed by atoms with Gasteiger partial charge in [0.25, 0.3) is 0 Å². The number of nitrogens with two attached hydrogens (primary N) is 1. The number of pyridine rings is 1. The second-order valence-corrected chi connectivity index (χ2v) is 4.09. The van der Waals surface area contributed by atoms with Gasteiger partial charge in [0, 0.05) is 11.6 Å². The molecule has 1 heterocycles. The summed E-state index contributed by atoms with van der Waals surface area (Å²) >= 11 is 0. The van der Waals surface area contributed by atoms with Crippen LogP contribution in [0.25, 0.3) is 0 Å². The molecule has 0 radical (unpaired) electrons. The van der Waals surface area contributed by atoms with E-state index in [-0.39, 0.29) is 0 Å². The highest BCUT2D eigenvalue weighted by molar-refractivity contribution is 5.77. The second-order valence-electron chi connectivity index (χ2n) is 4.09. The molecule has 0 amide bonds. The smallest absolute Gasteiger partial charge is 0.323 e. The molecule has 0 bridgehead atoms. The number of nitrogens with zero attached hydrogens (tertiary/aromatic N) is 1. The Labute approximate surface area is 93.6 Å². The Balaban J connectivity index is 3.01. The third-order valence-electron chi connectivity index (χ3n) is 2.70. The minimum Gasteiger partial charge on any atom is -0.468 e. The molecule has 0 aliphatic rings. The fourth-order valence-electron chi connectivity index (χ4n) is 1.36. The first-order valence-corrected chi connectivity index (χ1v) is 4.85. The number of ether oxygens (including phenoxy) is 1. The molecule has 1 aromatic rings. The van der Waals surface area contributed by atoms with E-state index in [1.165, 1.54) is 19.4 Å². The Hall–Kier alpha value is -1.49. The first-order valence-electron chi connectivity index (χ1n) is 4.85. The maximum absolute atomic E-state index is 12.7. The molecule has 1 rings (SSSR count). The monoisotopic (exact) mass is 226 g/mol. The van der Waals surface area contributed by atoms with E-state index in [1.807, 2.05) is 0 Å². The number of aromatic nitrogens is 1. The van der Waals surface area contributed by atoms with Crippen molar-refractivity contribution in [2.75, 3.05) is 7.11 Å². The fourth-order valence-corrected chi connectivity index (χ4v) is 1.36. The lowest BCUT2D eigenvalue weighted by Gasteiger charge is -2.29. The van der Waals surface area contributed by atoms with Crippen molar-refractivity contribution in [2.24, 2.45) is 5.73 Å². The maximum Gasteiger partial charge on any atom is 0.323 e. The lowest BCUT2D eigenvalue weighted by atomic mass is 9.79. The number of methoxy groups -OCH3 is 1. The third kappa shape index (κ3) is 2.36. The molecule has 0 saturated heterocycles. The number of hydrogen-bond donors (Lipinski definition) is 1. The number of hydrogen-bond acceptors (Lipinski definition) is 4. The zero-order valence-electron chi connectivity index (χ0n) is 9.53. The van der Waals surface area contributed by atoms with Gasteiger partial charge in [0.05, 0.1) is 7.11 Å². The van der Waals surface area contributed by atoms with Crippen LogP contribution in [0, 0.1) is 5.95 Å². The van der Waals surface area contributed by atoms with Gasteiger partial charge in [0.15, 0.2) is 0 Å². The fraction of sp³-hybridized carbons (Fsp3) is 0.455. The summed E-state index contributed by atoms with van der Waals surface area (Å²) in [7, 11) is 1.28. The van der Waals surface area contributed by atoms with E-state index in [1.54, 1.807) is 19.9 Å². The predicted molar refractivity (Wildman–Crippen MR) is 57.2 cm³/mol. The molecule has 0 aromatic carbocycles. The average molecular weight is 226 g/mol. The van der Waals surface area contributed by atoms with Crippen LogP contribution in [-0.2, 0) is 14.9 Å². The molecule has 88 valence electrons. The lowest BCUT2D eigenvalue weighted by molar-refractivity contribution is -0.143. The van der Waals surface area contributed by atoms with Crippen LogP contribution < -0.4 is 5.73 Å². The van der Waals surface area contributed by atoms with Gasteiger partial charge in [-0.1, -0.05) is 19.9 Å². The molecule has 1 atom stereocenters. The van der Waals surface area contributed by atoms with Crippen LogP contribution in [0.5, 0.6) is 0 Å². The Bertz CT molecular complexity index is 376. The third-order valence-corrected chi connectivity index (χ3v) is 2.70. The summed E-state index contributed by atoms with van der Waals surface area (Å²) in [6.45, 7) is 3.56. The van der Waals surface area contributed by atoms with E-state index < -0.39 is 23.4 Å². The van der Waals surface area contributed by atoms with Gasteiger partial charge in [-0.2, -0.15) is 4.39 Å². The molecular weight excluding hydrogens is 211 g/mol. The molecule has 16 heavy (non-hydrogen) atoms. The summed E-state index contributed by atoms with van der Waals surface area (Å²) in [5.41, 5.74) is 5.81. The average Bonchev–Trinajstić information content (AvgIpc) is 2.27. The number of carbonyl (C=O) groups is 1. The molecule has 0 saturated carbocycles.